The molecule has 1 aromatic rings. The topological polar surface area (TPSA) is 72.5 Å². The number of ether oxygens (including phenoxy) is 1. The van der Waals surface area contributed by atoms with E-state index in [2.05, 4.69) is 0 Å². The number of aliphatic carboxylic acids is 1. The Balaban J connectivity index is 0.00000225. The Kier molecular flexibility index (Phi) is 5.27. The summed E-state index contributed by atoms with van der Waals surface area (Å²) in [5.41, 5.74) is 5.28. The Morgan fingerprint density at radius 2 is 1.94 bits per heavy atom. The molecular weight excluding hydrogens is 230 g/mol. The SMILES string of the molecule is COc1ccc(C[C@](C)(N)C(=O)O)cc1.Cl. The van der Waals surface area contributed by atoms with Gasteiger partial charge in [-0.1, -0.05) is 12.1 Å². The average Bonchev–Trinajstić information content (AvgIpc) is 2.18. The molecule has 90 valence electrons. The van der Waals surface area contributed by atoms with E-state index in [1.807, 2.05) is 12.1 Å². The maximum Gasteiger partial charge on any atom is 0.323 e. The number of nitrogens with two attached hydrogens (primary N) is 1. The molecule has 0 unspecified atom stereocenters. The van der Waals surface area contributed by atoms with Crippen LogP contribution in [0.3, 0.4) is 0 Å². The van der Waals surface area contributed by atoms with Crippen molar-refractivity contribution in [1.82, 2.24) is 0 Å². The molecule has 0 amide bonds. The standard InChI is InChI=1S/C11H15NO3.ClH/c1-11(12,10(13)14)7-8-3-5-9(15-2)6-4-8;/h3-6H,7,12H2,1-2H3,(H,13,14);1H/t11-;/m0./s1. The summed E-state index contributed by atoms with van der Waals surface area (Å²) in [6.07, 6.45) is 0.298. The van der Waals surface area contributed by atoms with Crippen molar-refractivity contribution in [3.63, 3.8) is 0 Å². The lowest BCUT2D eigenvalue weighted by Crippen LogP contribution is -2.46. The fraction of sp³-hybridized carbons (Fsp3) is 0.364. The number of carbonyl (C=O) groups is 1. The lowest BCUT2D eigenvalue weighted by Gasteiger charge is -2.18. The lowest BCUT2D eigenvalue weighted by atomic mass is 9.94. The third-order valence-corrected chi connectivity index (χ3v) is 2.22. The number of hydrogen-bond donors (Lipinski definition) is 2. The van der Waals surface area contributed by atoms with E-state index >= 15 is 0 Å². The largest absolute Gasteiger partial charge is 0.497 e. The molecule has 0 aliphatic rings. The van der Waals surface area contributed by atoms with Crippen LogP contribution in [0.1, 0.15) is 12.5 Å². The molecule has 4 nitrogen and oxygen atoms in total. The summed E-state index contributed by atoms with van der Waals surface area (Å²) in [6, 6.07) is 7.19. The van der Waals surface area contributed by atoms with Crippen LogP contribution in [0.2, 0.25) is 0 Å². The first-order valence-corrected chi connectivity index (χ1v) is 4.61. The Hall–Kier alpha value is -1.26. The van der Waals surface area contributed by atoms with Crippen LogP contribution in [-0.2, 0) is 11.2 Å². The second kappa shape index (κ2) is 5.72. The van der Waals surface area contributed by atoms with Gasteiger partial charge in [-0.3, -0.25) is 4.79 Å². The number of halogens is 1. The van der Waals surface area contributed by atoms with Gasteiger partial charge >= 0.3 is 5.97 Å². The van der Waals surface area contributed by atoms with E-state index in [-0.39, 0.29) is 12.4 Å². The fourth-order valence-corrected chi connectivity index (χ4v) is 1.24. The van der Waals surface area contributed by atoms with Gasteiger partial charge < -0.3 is 15.6 Å². The van der Waals surface area contributed by atoms with Crippen molar-refractivity contribution < 1.29 is 14.6 Å². The molecule has 0 aliphatic carbocycles. The molecule has 1 rings (SSSR count). The number of benzene rings is 1. The van der Waals surface area contributed by atoms with Gasteiger partial charge in [0.15, 0.2) is 0 Å². The maximum absolute atomic E-state index is 10.8. The van der Waals surface area contributed by atoms with Gasteiger partial charge in [0.25, 0.3) is 0 Å². The molecule has 0 spiro atoms. The van der Waals surface area contributed by atoms with Crippen LogP contribution in [0, 0.1) is 0 Å². The summed E-state index contributed by atoms with van der Waals surface area (Å²) < 4.78 is 5.00. The normalized spacial score (nSPS) is 13.4. The summed E-state index contributed by atoms with van der Waals surface area (Å²) in [5.74, 6) is -0.258. The van der Waals surface area contributed by atoms with Crippen LogP contribution in [0.5, 0.6) is 5.75 Å². The van der Waals surface area contributed by atoms with Gasteiger partial charge in [-0.25, -0.2) is 0 Å². The van der Waals surface area contributed by atoms with Gasteiger partial charge in [0.2, 0.25) is 0 Å². The summed E-state index contributed by atoms with van der Waals surface area (Å²) in [7, 11) is 1.58. The number of hydrogen-bond acceptors (Lipinski definition) is 3. The monoisotopic (exact) mass is 245 g/mol. The Bertz CT molecular complexity index is 349. The second-order valence-electron chi connectivity index (χ2n) is 3.75. The highest BCUT2D eigenvalue weighted by Gasteiger charge is 2.27. The third kappa shape index (κ3) is 3.72. The predicted octanol–water partition coefficient (Wildman–Crippen LogP) is 1.46. The smallest absolute Gasteiger partial charge is 0.323 e. The molecule has 1 aromatic carbocycles. The van der Waals surface area contributed by atoms with E-state index in [0.717, 1.165) is 11.3 Å². The quantitative estimate of drug-likeness (QED) is 0.843. The zero-order chi connectivity index (χ0) is 11.5. The number of carboxylic acid groups (broad SMARTS) is 1. The number of methoxy groups -OCH3 is 1. The summed E-state index contributed by atoms with van der Waals surface area (Å²) in [4.78, 5) is 10.8. The minimum atomic E-state index is -1.23. The van der Waals surface area contributed by atoms with Crippen molar-refractivity contribution in [2.45, 2.75) is 18.9 Å². The van der Waals surface area contributed by atoms with Gasteiger partial charge in [-0.05, 0) is 24.6 Å². The van der Waals surface area contributed by atoms with Crippen molar-refractivity contribution >= 4 is 18.4 Å². The molecule has 0 heterocycles. The molecule has 16 heavy (non-hydrogen) atoms. The van der Waals surface area contributed by atoms with Crippen LogP contribution < -0.4 is 10.5 Å². The lowest BCUT2D eigenvalue weighted by molar-refractivity contribution is -0.142. The van der Waals surface area contributed by atoms with Crippen LogP contribution >= 0.6 is 12.4 Å². The minimum Gasteiger partial charge on any atom is -0.497 e. The molecule has 0 saturated carbocycles. The van der Waals surface area contributed by atoms with Gasteiger partial charge in [-0.15, -0.1) is 12.4 Å². The maximum atomic E-state index is 10.8. The van der Waals surface area contributed by atoms with E-state index in [4.69, 9.17) is 15.6 Å². The first-order chi connectivity index (χ1) is 6.95. The zero-order valence-corrected chi connectivity index (χ0v) is 10.1. The highest BCUT2D eigenvalue weighted by molar-refractivity contribution is 5.85. The molecule has 0 saturated heterocycles. The molecule has 0 aromatic heterocycles. The Labute approximate surface area is 101 Å². The van der Waals surface area contributed by atoms with E-state index in [1.165, 1.54) is 6.92 Å². The van der Waals surface area contributed by atoms with E-state index in [1.54, 1.807) is 19.2 Å². The van der Waals surface area contributed by atoms with E-state index in [9.17, 15) is 4.79 Å². The fourth-order valence-electron chi connectivity index (χ4n) is 1.24. The van der Waals surface area contributed by atoms with Crippen LogP contribution in [0.4, 0.5) is 0 Å². The summed E-state index contributed by atoms with van der Waals surface area (Å²) >= 11 is 0. The van der Waals surface area contributed by atoms with E-state index < -0.39 is 11.5 Å². The first kappa shape index (κ1) is 14.7. The molecule has 0 bridgehead atoms. The van der Waals surface area contributed by atoms with Crippen molar-refractivity contribution in [1.29, 1.82) is 0 Å². The van der Waals surface area contributed by atoms with Crippen molar-refractivity contribution in [2.75, 3.05) is 7.11 Å². The number of rotatable bonds is 4. The molecular formula is C11H16ClNO3. The van der Waals surface area contributed by atoms with E-state index in [0.29, 0.717) is 6.42 Å². The Morgan fingerprint density at radius 3 is 2.31 bits per heavy atom. The predicted molar refractivity (Wildman–Crippen MR) is 64.2 cm³/mol. The molecule has 3 N–H and O–H groups in total. The number of carboxylic acids is 1. The highest BCUT2D eigenvalue weighted by Crippen LogP contribution is 2.15. The third-order valence-electron chi connectivity index (χ3n) is 2.22. The van der Waals surface area contributed by atoms with Gasteiger partial charge in [0, 0.05) is 6.42 Å². The van der Waals surface area contributed by atoms with Gasteiger partial charge in [0.1, 0.15) is 11.3 Å². The molecule has 0 radical (unpaired) electrons. The van der Waals surface area contributed by atoms with Crippen molar-refractivity contribution in [2.24, 2.45) is 5.73 Å². The van der Waals surface area contributed by atoms with Crippen LogP contribution in [0.25, 0.3) is 0 Å². The van der Waals surface area contributed by atoms with Gasteiger partial charge in [0.05, 0.1) is 7.11 Å². The minimum absolute atomic E-state index is 0. The molecule has 0 fully saturated rings. The molecule has 0 aliphatic heterocycles. The van der Waals surface area contributed by atoms with Crippen LogP contribution in [-0.4, -0.2) is 23.7 Å². The van der Waals surface area contributed by atoms with Crippen molar-refractivity contribution in [3.8, 4) is 5.75 Å². The first-order valence-electron chi connectivity index (χ1n) is 4.61. The average molecular weight is 246 g/mol. The second-order valence-corrected chi connectivity index (χ2v) is 3.75. The van der Waals surface area contributed by atoms with Crippen LogP contribution in [0.15, 0.2) is 24.3 Å². The summed E-state index contributed by atoms with van der Waals surface area (Å²) in [6.45, 7) is 1.50. The molecule has 1 atom stereocenters. The molecule has 5 heteroatoms. The summed E-state index contributed by atoms with van der Waals surface area (Å²) in [5, 5.41) is 8.85. The Morgan fingerprint density at radius 1 is 1.44 bits per heavy atom. The highest BCUT2D eigenvalue weighted by atomic mass is 35.5. The zero-order valence-electron chi connectivity index (χ0n) is 9.27. The van der Waals surface area contributed by atoms with Crippen molar-refractivity contribution in [3.05, 3.63) is 29.8 Å². The van der Waals surface area contributed by atoms with Gasteiger partial charge in [-0.2, -0.15) is 0 Å².